The Hall–Kier alpha value is -4.80. The smallest absolute Gasteiger partial charge is 0.387 e. The first-order valence-electron chi connectivity index (χ1n) is 11.0. The number of carbonyl (C=O) groups is 2. The van der Waals surface area contributed by atoms with Crippen LogP contribution in [0.5, 0.6) is 5.75 Å². The van der Waals surface area contributed by atoms with E-state index in [2.05, 4.69) is 20.1 Å². The van der Waals surface area contributed by atoms with E-state index in [-0.39, 0.29) is 23.0 Å². The molecule has 0 saturated heterocycles. The highest BCUT2D eigenvalue weighted by Crippen LogP contribution is 2.29. The maximum absolute atomic E-state index is 13.6. The lowest BCUT2D eigenvalue weighted by Gasteiger charge is -2.28. The van der Waals surface area contributed by atoms with Gasteiger partial charge >= 0.3 is 6.61 Å². The minimum atomic E-state index is -2.96. The van der Waals surface area contributed by atoms with Crippen LogP contribution in [0.2, 0.25) is 0 Å². The Kier molecular flexibility index (Phi) is 6.03. The molecule has 0 aliphatic carbocycles. The predicted molar refractivity (Wildman–Crippen MR) is 128 cm³/mol. The highest BCUT2D eigenvalue weighted by Gasteiger charge is 2.34. The van der Waals surface area contributed by atoms with Crippen LogP contribution in [-0.4, -0.2) is 40.6 Å². The maximum atomic E-state index is 13.6. The van der Waals surface area contributed by atoms with Crippen molar-refractivity contribution in [3.05, 3.63) is 95.6 Å². The number of rotatable bonds is 6. The van der Waals surface area contributed by atoms with E-state index in [0.29, 0.717) is 35.7 Å². The normalized spacial score (nSPS) is 14.8. The molecule has 11 heteroatoms. The molecule has 0 radical (unpaired) electrons. The van der Waals surface area contributed by atoms with Gasteiger partial charge in [0, 0.05) is 35.8 Å². The molecule has 0 atom stereocenters. The van der Waals surface area contributed by atoms with Crippen LogP contribution >= 0.6 is 0 Å². The van der Waals surface area contributed by atoms with E-state index in [1.165, 1.54) is 28.9 Å². The van der Waals surface area contributed by atoms with Crippen molar-refractivity contribution >= 4 is 23.3 Å². The SMILES string of the molecule is NC(=O)c1nn(-c2ccc(OC(F)F)cc2)c2c1CCN(c1ccc(C3=NC=CC=CN3)cc1)C2=O. The first kappa shape index (κ1) is 23.0. The van der Waals surface area contributed by atoms with Crippen molar-refractivity contribution in [2.45, 2.75) is 13.0 Å². The van der Waals surface area contributed by atoms with E-state index in [1.807, 2.05) is 30.3 Å². The van der Waals surface area contributed by atoms with E-state index in [1.54, 1.807) is 23.4 Å². The van der Waals surface area contributed by atoms with Crippen LogP contribution in [0.25, 0.3) is 5.69 Å². The summed E-state index contributed by atoms with van der Waals surface area (Å²) in [7, 11) is 0. The number of hydrogen-bond acceptors (Lipinski definition) is 6. The Morgan fingerprint density at radius 3 is 2.47 bits per heavy atom. The fraction of sp³-hybridized carbons (Fsp3) is 0.120. The minimum absolute atomic E-state index is 0.000172. The molecule has 2 amide bonds. The van der Waals surface area contributed by atoms with Gasteiger partial charge in [-0.15, -0.1) is 0 Å². The summed E-state index contributed by atoms with van der Waals surface area (Å²) in [4.78, 5) is 31.6. The zero-order chi connectivity index (χ0) is 25.2. The number of carbonyl (C=O) groups excluding carboxylic acids is 2. The van der Waals surface area contributed by atoms with E-state index in [9.17, 15) is 18.4 Å². The van der Waals surface area contributed by atoms with E-state index in [4.69, 9.17) is 5.73 Å². The second kappa shape index (κ2) is 9.45. The van der Waals surface area contributed by atoms with Crippen molar-refractivity contribution < 1.29 is 23.1 Å². The van der Waals surface area contributed by atoms with Crippen molar-refractivity contribution in [1.82, 2.24) is 15.1 Å². The van der Waals surface area contributed by atoms with E-state index < -0.39 is 12.5 Å². The van der Waals surface area contributed by atoms with Crippen molar-refractivity contribution in [3.63, 3.8) is 0 Å². The van der Waals surface area contributed by atoms with Crippen LogP contribution < -0.4 is 20.7 Å². The number of alkyl halides is 2. The highest BCUT2D eigenvalue weighted by molar-refractivity contribution is 6.10. The van der Waals surface area contributed by atoms with Crippen LogP contribution in [0, 0.1) is 0 Å². The molecule has 3 heterocycles. The molecule has 36 heavy (non-hydrogen) atoms. The average molecular weight is 490 g/mol. The second-order valence-corrected chi connectivity index (χ2v) is 7.90. The fourth-order valence-corrected chi connectivity index (χ4v) is 4.10. The lowest BCUT2D eigenvalue weighted by molar-refractivity contribution is -0.0498. The number of primary amides is 1. The summed E-state index contributed by atoms with van der Waals surface area (Å²) >= 11 is 0. The molecule has 2 aliphatic rings. The van der Waals surface area contributed by atoms with Crippen molar-refractivity contribution in [3.8, 4) is 11.4 Å². The molecular weight excluding hydrogens is 470 g/mol. The number of nitrogens with zero attached hydrogens (tertiary/aromatic N) is 4. The Balaban J connectivity index is 1.48. The van der Waals surface area contributed by atoms with Crippen molar-refractivity contribution in [2.24, 2.45) is 10.7 Å². The lowest BCUT2D eigenvalue weighted by atomic mass is 10.0. The number of ether oxygens (including phenoxy) is 1. The zero-order valence-corrected chi connectivity index (χ0v) is 18.8. The minimum Gasteiger partial charge on any atom is -0.435 e. The molecule has 0 unspecified atom stereocenters. The number of amides is 2. The number of aliphatic imine (C=N–C) groups is 1. The van der Waals surface area contributed by atoms with Crippen LogP contribution in [0.4, 0.5) is 14.5 Å². The number of amidine groups is 1. The molecule has 5 rings (SSSR count). The maximum Gasteiger partial charge on any atom is 0.387 e. The van der Waals surface area contributed by atoms with Gasteiger partial charge < -0.3 is 20.7 Å². The van der Waals surface area contributed by atoms with Gasteiger partial charge in [-0.1, -0.05) is 0 Å². The first-order chi connectivity index (χ1) is 17.4. The quantitative estimate of drug-likeness (QED) is 0.551. The van der Waals surface area contributed by atoms with Gasteiger partial charge in [-0.05, 0) is 67.1 Å². The van der Waals surface area contributed by atoms with Gasteiger partial charge in [0.2, 0.25) is 0 Å². The number of aromatic nitrogens is 2. The summed E-state index contributed by atoms with van der Waals surface area (Å²) in [5.74, 6) is -0.500. The van der Waals surface area contributed by atoms with E-state index >= 15 is 0 Å². The predicted octanol–water partition coefficient (Wildman–Crippen LogP) is 3.15. The summed E-state index contributed by atoms with van der Waals surface area (Å²) in [5, 5.41) is 7.38. The fourth-order valence-electron chi connectivity index (χ4n) is 4.10. The summed E-state index contributed by atoms with van der Waals surface area (Å²) in [6.45, 7) is -2.64. The number of anilines is 1. The Morgan fingerprint density at radius 2 is 1.78 bits per heavy atom. The molecule has 0 fully saturated rings. The van der Waals surface area contributed by atoms with Gasteiger partial charge in [0.15, 0.2) is 5.69 Å². The molecule has 0 bridgehead atoms. The molecule has 182 valence electrons. The Labute approximate surface area is 204 Å². The van der Waals surface area contributed by atoms with Gasteiger partial charge in [0.1, 0.15) is 17.3 Å². The van der Waals surface area contributed by atoms with Gasteiger partial charge in [-0.2, -0.15) is 13.9 Å². The van der Waals surface area contributed by atoms with Crippen LogP contribution in [0.1, 0.15) is 32.1 Å². The number of benzene rings is 2. The number of hydrogen-bond donors (Lipinski definition) is 2. The molecular formula is C25H20F2N6O3. The molecule has 0 saturated carbocycles. The third-order valence-electron chi connectivity index (χ3n) is 5.73. The third-order valence-corrected chi connectivity index (χ3v) is 5.73. The van der Waals surface area contributed by atoms with Crippen LogP contribution in [0.3, 0.4) is 0 Å². The second-order valence-electron chi connectivity index (χ2n) is 7.90. The summed E-state index contributed by atoms with van der Waals surface area (Å²) in [6.07, 6.45) is 7.45. The molecule has 0 spiro atoms. The summed E-state index contributed by atoms with van der Waals surface area (Å²) in [5.41, 5.74) is 8.05. The largest absolute Gasteiger partial charge is 0.435 e. The number of fused-ring (bicyclic) bond motifs is 1. The molecule has 3 aromatic rings. The molecule has 9 nitrogen and oxygen atoms in total. The van der Waals surface area contributed by atoms with Gasteiger partial charge in [-0.25, -0.2) is 9.67 Å². The third kappa shape index (κ3) is 4.33. The van der Waals surface area contributed by atoms with Crippen LogP contribution in [0.15, 0.2) is 78.1 Å². The molecule has 2 aliphatic heterocycles. The molecule has 2 aromatic carbocycles. The molecule has 3 N–H and O–H groups in total. The van der Waals surface area contributed by atoms with Gasteiger partial charge in [-0.3, -0.25) is 9.59 Å². The van der Waals surface area contributed by atoms with Crippen molar-refractivity contribution in [1.29, 1.82) is 0 Å². The number of halogens is 2. The van der Waals surface area contributed by atoms with E-state index in [0.717, 1.165) is 5.56 Å². The number of allylic oxidation sites excluding steroid dienone is 2. The number of nitrogens with one attached hydrogen (secondary N) is 1. The molecule has 1 aromatic heterocycles. The summed E-state index contributed by atoms with van der Waals surface area (Å²) < 4.78 is 30.7. The van der Waals surface area contributed by atoms with Crippen LogP contribution in [-0.2, 0) is 6.42 Å². The zero-order valence-electron chi connectivity index (χ0n) is 18.8. The topological polar surface area (TPSA) is 115 Å². The van der Waals surface area contributed by atoms with Crippen molar-refractivity contribution in [2.75, 3.05) is 11.4 Å². The Bertz CT molecular complexity index is 1410. The van der Waals surface area contributed by atoms with Gasteiger partial charge in [0.25, 0.3) is 11.8 Å². The summed E-state index contributed by atoms with van der Waals surface area (Å²) in [6, 6.07) is 12.9. The first-order valence-corrected chi connectivity index (χ1v) is 11.0. The average Bonchev–Trinajstić information content (AvgIpc) is 3.06. The van der Waals surface area contributed by atoms with Gasteiger partial charge in [0.05, 0.1) is 5.69 Å². The Morgan fingerprint density at radius 1 is 1.06 bits per heavy atom. The highest BCUT2D eigenvalue weighted by atomic mass is 19.3. The standard InChI is InChI=1S/C25H20F2N6O3/c26-25(27)36-18-9-7-17(8-10-18)33-21-19(20(31-33)22(28)34)11-14-32(24(21)35)16-5-3-15(4-6-16)23-29-12-1-2-13-30-23/h1-10,12-13,25H,11,14H2,(H2,28,34)(H,29,30). The monoisotopic (exact) mass is 490 g/mol. The lowest BCUT2D eigenvalue weighted by Crippen LogP contribution is -2.39. The number of nitrogens with two attached hydrogens (primary N) is 1.